The first-order valence-corrected chi connectivity index (χ1v) is 4.70. The van der Waals surface area contributed by atoms with Crippen LogP contribution in [0.1, 0.15) is 13.8 Å². The number of nitrogen functional groups attached to an aromatic ring is 2. The molecule has 0 aliphatic heterocycles. The van der Waals surface area contributed by atoms with Gasteiger partial charge in [-0.25, -0.2) is 4.98 Å². The number of hydrogen-bond acceptors (Lipinski definition) is 4. The number of aromatic nitrogens is 3. The second kappa shape index (κ2) is 8.55. The Morgan fingerprint density at radius 2 is 1.80 bits per heavy atom. The van der Waals surface area contributed by atoms with Crippen LogP contribution in [0.25, 0.3) is 0 Å². The van der Waals surface area contributed by atoms with Gasteiger partial charge in [-0.15, -0.1) is 0 Å². The summed E-state index contributed by atoms with van der Waals surface area (Å²) in [6.07, 6.45) is 3.27. The molecule has 0 bridgehead atoms. The van der Waals surface area contributed by atoms with E-state index in [9.17, 15) is 0 Å². The van der Waals surface area contributed by atoms with Crippen molar-refractivity contribution in [1.29, 1.82) is 0 Å². The quantitative estimate of drug-likeness (QED) is 0.612. The summed E-state index contributed by atoms with van der Waals surface area (Å²) >= 11 is 0. The van der Waals surface area contributed by atoms with Crippen molar-refractivity contribution in [3.8, 4) is 0 Å². The highest BCUT2D eigenvalue weighted by Crippen LogP contribution is 1.89. The molecule has 5 nitrogen and oxygen atoms in total. The third-order valence-corrected chi connectivity index (χ3v) is 1.21. The molecule has 2 heterocycles. The van der Waals surface area contributed by atoms with Crippen LogP contribution in [0, 0.1) is 0 Å². The van der Waals surface area contributed by atoms with Crippen molar-refractivity contribution < 1.29 is 0 Å². The molecule has 2 aromatic rings. The lowest BCUT2D eigenvalue weighted by Crippen LogP contribution is -1.85. The van der Waals surface area contributed by atoms with E-state index in [0.29, 0.717) is 11.6 Å². The fraction of sp³-hybridized carbons (Fsp3) is 0.200. The van der Waals surface area contributed by atoms with Gasteiger partial charge < -0.3 is 11.5 Å². The molecule has 2 rings (SSSR count). The van der Waals surface area contributed by atoms with Crippen LogP contribution in [0.2, 0.25) is 0 Å². The van der Waals surface area contributed by atoms with Crippen molar-refractivity contribution in [2.75, 3.05) is 11.5 Å². The molecular formula is C10H17N5. The fourth-order valence-corrected chi connectivity index (χ4v) is 0.643. The van der Waals surface area contributed by atoms with E-state index in [1.54, 1.807) is 24.5 Å². The standard InChI is InChI=1S/C5H6N2.C3H5N3.C2H6/c6-5-3-1-2-4-7-5;4-3-1-2-5-6-3;1-2/h1-4H,(H2,6,7);1-2H,(H3,4,5,6);1-2H3. The van der Waals surface area contributed by atoms with E-state index in [-0.39, 0.29) is 0 Å². The maximum atomic E-state index is 5.25. The predicted molar refractivity (Wildman–Crippen MR) is 63.0 cm³/mol. The number of hydrogen-bond donors (Lipinski definition) is 3. The molecule has 0 spiro atoms. The van der Waals surface area contributed by atoms with E-state index in [0.717, 1.165) is 0 Å². The van der Waals surface area contributed by atoms with E-state index in [1.165, 1.54) is 0 Å². The van der Waals surface area contributed by atoms with E-state index in [1.807, 2.05) is 26.0 Å². The number of nitrogens with two attached hydrogens (primary N) is 2. The van der Waals surface area contributed by atoms with Gasteiger partial charge in [-0.3, -0.25) is 5.10 Å². The van der Waals surface area contributed by atoms with Crippen molar-refractivity contribution in [3.05, 3.63) is 36.7 Å². The first kappa shape index (κ1) is 13.0. The van der Waals surface area contributed by atoms with Crippen LogP contribution in [0.15, 0.2) is 36.7 Å². The summed E-state index contributed by atoms with van der Waals surface area (Å²) in [5.41, 5.74) is 10.4. The van der Waals surface area contributed by atoms with Gasteiger partial charge in [0.05, 0.1) is 6.20 Å². The molecule has 82 valence electrons. The minimum absolute atomic E-state index is 0.572. The Morgan fingerprint density at radius 3 is 2.00 bits per heavy atom. The molecular weight excluding hydrogens is 190 g/mol. The molecule has 0 saturated carbocycles. The second-order valence-corrected chi connectivity index (χ2v) is 2.27. The molecule has 0 amide bonds. The third-order valence-electron chi connectivity index (χ3n) is 1.21. The zero-order valence-corrected chi connectivity index (χ0v) is 9.01. The smallest absolute Gasteiger partial charge is 0.123 e. The monoisotopic (exact) mass is 207 g/mol. The number of nitrogens with zero attached hydrogens (tertiary/aromatic N) is 2. The fourth-order valence-electron chi connectivity index (χ4n) is 0.643. The summed E-state index contributed by atoms with van der Waals surface area (Å²) in [6, 6.07) is 7.12. The van der Waals surface area contributed by atoms with Gasteiger partial charge in [0.2, 0.25) is 0 Å². The summed E-state index contributed by atoms with van der Waals surface area (Å²) in [6.45, 7) is 4.00. The zero-order valence-electron chi connectivity index (χ0n) is 9.01. The molecule has 0 saturated heterocycles. The Morgan fingerprint density at radius 1 is 1.07 bits per heavy atom. The lowest BCUT2D eigenvalue weighted by atomic mass is 10.5. The predicted octanol–water partition coefficient (Wildman–Crippen LogP) is 1.68. The molecule has 0 aromatic carbocycles. The Bertz CT molecular complexity index is 317. The van der Waals surface area contributed by atoms with Gasteiger partial charge in [-0.05, 0) is 18.2 Å². The van der Waals surface area contributed by atoms with Gasteiger partial charge in [0, 0.05) is 6.20 Å². The SMILES string of the molecule is CC.Nc1ccccn1.Nc1ccn[nH]1. The summed E-state index contributed by atoms with van der Waals surface area (Å²) in [5.74, 6) is 1.18. The van der Waals surface area contributed by atoms with Crippen LogP contribution in [0.3, 0.4) is 0 Å². The third kappa shape index (κ3) is 7.06. The number of nitrogens with one attached hydrogen (secondary N) is 1. The van der Waals surface area contributed by atoms with Crippen LogP contribution in [0.5, 0.6) is 0 Å². The first-order valence-electron chi connectivity index (χ1n) is 4.70. The van der Waals surface area contributed by atoms with Gasteiger partial charge in [-0.1, -0.05) is 19.9 Å². The Hall–Kier alpha value is -2.04. The first-order chi connectivity index (χ1) is 7.29. The lowest BCUT2D eigenvalue weighted by Gasteiger charge is -1.82. The topological polar surface area (TPSA) is 93.6 Å². The van der Waals surface area contributed by atoms with E-state index < -0.39 is 0 Å². The molecule has 0 atom stereocenters. The molecule has 15 heavy (non-hydrogen) atoms. The van der Waals surface area contributed by atoms with Crippen molar-refractivity contribution in [3.63, 3.8) is 0 Å². The number of anilines is 2. The summed E-state index contributed by atoms with van der Waals surface area (Å²) in [5, 5.41) is 6.10. The summed E-state index contributed by atoms with van der Waals surface area (Å²) < 4.78 is 0. The highest BCUT2D eigenvalue weighted by Gasteiger charge is 1.74. The zero-order chi connectivity index (χ0) is 11.5. The Labute approximate surface area is 89.5 Å². The highest BCUT2D eigenvalue weighted by molar-refractivity contribution is 5.25. The molecule has 2 aromatic heterocycles. The van der Waals surface area contributed by atoms with Crippen LogP contribution in [-0.2, 0) is 0 Å². The largest absolute Gasteiger partial charge is 0.384 e. The maximum absolute atomic E-state index is 5.25. The number of H-pyrrole nitrogens is 1. The minimum Gasteiger partial charge on any atom is -0.384 e. The van der Waals surface area contributed by atoms with Crippen molar-refractivity contribution in [1.82, 2.24) is 15.2 Å². The molecule has 0 unspecified atom stereocenters. The minimum atomic E-state index is 0.572. The molecule has 5 heteroatoms. The molecule has 0 radical (unpaired) electrons. The van der Waals surface area contributed by atoms with Crippen LogP contribution in [0.4, 0.5) is 11.6 Å². The van der Waals surface area contributed by atoms with Gasteiger partial charge >= 0.3 is 0 Å². The maximum Gasteiger partial charge on any atom is 0.123 e. The lowest BCUT2D eigenvalue weighted by molar-refractivity contribution is 1.10. The van der Waals surface area contributed by atoms with Gasteiger partial charge in [-0.2, -0.15) is 5.10 Å². The number of rotatable bonds is 0. The number of aromatic amines is 1. The Kier molecular flexibility index (Phi) is 7.39. The molecule has 5 N–H and O–H groups in total. The van der Waals surface area contributed by atoms with Gasteiger partial charge in [0.1, 0.15) is 11.6 Å². The molecule has 0 aliphatic carbocycles. The van der Waals surface area contributed by atoms with E-state index in [2.05, 4.69) is 15.2 Å². The van der Waals surface area contributed by atoms with Crippen molar-refractivity contribution in [2.24, 2.45) is 0 Å². The average Bonchev–Trinajstić information content (AvgIpc) is 2.74. The average molecular weight is 207 g/mol. The van der Waals surface area contributed by atoms with E-state index >= 15 is 0 Å². The van der Waals surface area contributed by atoms with E-state index in [4.69, 9.17) is 11.5 Å². The van der Waals surface area contributed by atoms with Gasteiger partial charge in [0.15, 0.2) is 0 Å². The van der Waals surface area contributed by atoms with Crippen molar-refractivity contribution >= 4 is 11.6 Å². The molecule has 0 fully saturated rings. The van der Waals surface area contributed by atoms with Crippen LogP contribution < -0.4 is 11.5 Å². The number of pyridine rings is 1. The summed E-state index contributed by atoms with van der Waals surface area (Å²) in [7, 11) is 0. The normalized spacial score (nSPS) is 7.87. The van der Waals surface area contributed by atoms with Crippen LogP contribution in [-0.4, -0.2) is 15.2 Å². The highest BCUT2D eigenvalue weighted by atomic mass is 15.1. The summed E-state index contributed by atoms with van der Waals surface area (Å²) in [4.78, 5) is 3.76. The molecule has 0 aliphatic rings. The van der Waals surface area contributed by atoms with Gasteiger partial charge in [0.25, 0.3) is 0 Å². The van der Waals surface area contributed by atoms with Crippen LogP contribution >= 0.6 is 0 Å². The second-order valence-electron chi connectivity index (χ2n) is 2.27. The Balaban J connectivity index is 0.000000227. The van der Waals surface area contributed by atoms with Crippen molar-refractivity contribution in [2.45, 2.75) is 13.8 Å².